The number of carbonyl (C=O) groups is 1. The number of hydrogen-bond acceptors (Lipinski definition) is 3. The molecule has 86 valence electrons. The van der Waals surface area contributed by atoms with Crippen LogP contribution in [-0.2, 0) is 0 Å². The van der Waals surface area contributed by atoms with Gasteiger partial charge in [-0.3, -0.25) is 9.78 Å². The van der Waals surface area contributed by atoms with Gasteiger partial charge in [0.1, 0.15) is 0 Å². The predicted octanol–water partition coefficient (Wildman–Crippen LogP) is 1.44. The standard InChI is InChI=1S/C11H13BrN2O2/c12-10-6-13-4-3-9(10)11(16)14-5-1-2-8(14)7-15/h3-4,6,8,15H,1-2,5,7H2/t8-/m0/s1. The Labute approximate surface area is 102 Å². The Hall–Kier alpha value is -0.940. The van der Waals surface area contributed by atoms with E-state index >= 15 is 0 Å². The second kappa shape index (κ2) is 4.93. The number of aromatic nitrogens is 1. The highest BCUT2D eigenvalue weighted by atomic mass is 79.9. The molecule has 0 aromatic carbocycles. The Balaban J connectivity index is 2.22. The van der Waals surface area contributed by atoms with Gasteiger partial charge in [-0.25, -0.2) is 0 Å². The van der Waals surface area contributed by atoms with Crippen molar-refractivity contribution < 1.29 is 9.90 Å². The highest BCUT2D eigenvalue weighted by Crippen LogP contribution is 2.23. The summed E-state index contributed by atoms with van der Waals surface area (Å²) in [7, 11) is 0. The minimum atomic E-state index is -0.0363. The molecule has 1 aliphatic rings. The quantitative estimate of drug-likeness (QED) is 0.894. The Bertz CT molecular complexity index is 397. The van der Waals surface area contributed by atoms with Crippen molar-refractivity contribution in [2.45, 2.75) is 18.9 Å². The van der Waals surface area contributed by atoms with E-state index in [0.29, 0.717) is 10.0 Å². The molecular weight excluding hydrogens is 272 g/mol. The Kier molecular flexibility index (Phi) is 3.56. The summed E-state index contributed by atoms with van der Waals surface area (Å²) < 4.78 is 0.698. The number of aliphatic hydroxyl groups excluding tert-OH is 1. The van der Waals surface area contributed by atoms with Crippen LogP contribution in [-0.4, -0.2) is 40.1 Å². The van der Waals surface area contributed by atoms with Crippen LogP contribution in [0.25, 0.3) is 0 Å². The van der Waals surface area contributed by atoms with Crippen molar-refractivity contribution in [2.24, 2.45) is 0 Å². The van der Waals surface area contributed by atoms with E-state index in [-0.39, 0.29) is 18.6 Å². The summed E-state index contributed by atoms with van der Waals surface area (Å²) in [5, 5.41) is 9.18. The summed E-state index contributed by atoms with van der Waals surface area (Å²) in [6, 6.07) is 1.66. The minimum Gasteiger partial charge on any atom is -0.394 e. The van der Waals surface area contributed by atoms with E-state index in [1.807, 2.05) is 0 Å². The SMILES string of the molecule is O=C(c1ccncc1Br)N1CCC[C@H]1CO. The third kappa shape index (κ3) is 2.10. The van der Waals surface area contributed by atoms with Crippen molar-refractivity contribution in [3.8, 4) is 0 Å². The molecule has 5 heteroatoms. The number of amides is 1. The van der Waals surface area contributed by atoms with Gasteiger partial charge in [-0.2, -0.15) is 0 Å². The van der Waals surface area contributed by atoms with Crippen molar-refractivity contribution >= 4 is 21.8 Å². The number of rotatable bonds is 2. The number of aliphatic hydroxyl groups is 1. The van der Waals surface area contributed by atoms with Crippen molar-refractivity contribution in [3.05, 3.63) is 28.5 Å². The van der Waals surface area contributed by atoms with Crippen LogP contribution in [0.1, 0.15) is 23.2 Å². The van der Waals surface area contributed by atoms with Gasteiger partial charge in [-0.1, -0.05) is 0 Å². The summed E-state index contributed by atoms with van der Waals surface area (Å²) in [5.41, 5.74) is 0.607. The van der Waals surface area contributed by atoms with Gasteiger partial charge in [0.15, 0.2) is 0 Å². The Morgan fingerprint density at radius 3 is 3.19 bits per heavy atom. The van der Waals surface area contributed by atoms with Gasteiger partial charge < -0.3 is 10.0 Å². The first kappa shape index (κ1) is 11.5. The van der Waals surface area contributed by atoms with Gasteiger partial charge in [0.25, 0.3) is 5.91 Å². The molecule has 1 amide bonds. The average Bonchev–Trinajstić information content (AvgIpc) is 2.77. The summed E-state index contributed by atoms with van der Waals surface area (Å²) >= 11 is 3.31. The maximum absolute atomic E-state index is 12.2. The number of pyridine rings is 1. The van der Waals surface area contributed by atoms with E-state index in [1.165, 1.54) is 0 Å². The first-order chi connectivity index (χ1) is 7.74. The number of hydrogen-bond donors (Lipinski definition) is 1. The van der Waals surface area contributed by atoms with Gasteiger partial charge in [0, 0.05) is 23.4 Å². The maximum Gasteiger partial charge on any atom is 0.255 e. The molecule has 0 radical (unpaired) electrons. The smallest absolute Gasteiger partial charge is 0.255 e. The molecule has 0 bridgehead atoms. The van der Waals surface area contributed by atoms with E-state index < -0.39 is 0 Å². The molecule has 0 spiro atoms. The molecule has 1 aliphatic heterocycles. The lowest BCUT2D eigenvalue weighted by Crippen LogP contribution is -2.37. The first-order valence-corrected chi connectivity index (χ1v) is 6.04. The van der Waals surface area contributed by atoms with Crippen molar-refractivity contribution in [3.63, 3.8) is 0 Å². The molecule has 0 aliphatic carbocycles. The summed E-state index contributed by atoms with van der Waals surface area (Å²) in [4.78, 5) is 17.9. The predicted molar refractivity (Wildman–Crippen MR) is 63.1 cm³/mol. The third-order valence-corrected chi connectivity index (χ3v) is 3.48. The van der Waals surface area contributed by atoms with E-state index in [4.69, 9.17) is 0 Å². The lowest BCUT2D eigenvalue weighted by molar-refractivity contribution is 0.0676. The summed E-state index contributed by atoms with van der Waals surface area (Å²) in [6.07, 6.45) is 5.05. The van der Waals surface area contributed by atoms with Crippen LogP contribution in [0.4, 0.5) is 0 Å². The van der Waals surface area contributed by atoms with E-state index in [9.17, 15) is 9.90 Å². The lowest BCUT2D eigenvalue weighted by atomic mass is 10.2. The number of carbonyl (C=O) groups excluding carboxylic acids is 1. The first-order valence-electron chi connectivity index (χ1n) is 5.25. The van der Waals surface area contributed by atoms with E-state index in [2.05, 4.69) is 20.9 Å². The zero-order valence-electron chi connectivity index (χ0n) is 8.77. The molecule has 0 saturated carbocycles. The minimum absolute atomic E-state index is 0.0347. The van der Waals surface area contributed by atoms with Crippen LogP contribution in [0.3, 0.4) is 0 Å². The highest BCUT2D eigenvalue weighted by Gasteiger charge is 2.29. The second-order valence-corrected chi connectivity index (χ2v) is 4.69. The summed E-state index contributed by atoms with van der Waals surface area (Å²) in [6.45, 7) is 0.757. The van der Waals surface area contributed by atoms with Crippen LogP contribution in [0, 0.1) is 0 Å². The molecule has 2 rings (SSSR count). The highest BCUT2D eigenvalue weighted by molar-refractivity contribution is 9.10. The van der Waals surface area contributed by atoms with E-state index in [1.54, 1.807) is 23.4 Å². The van der Waals surface area contributed by atoms with Crippen molar-refractivity contribution in [2.75, 3.05) is 13.2 Å². The van der Waals surface area contributed by atoms with Crippen LogP contribution in [0.5, 0.6) is 0 Å². The fourth-order valence-corrected chi connectivity index (χ4v) is 2.42. The number of likely N-dealkylation sites (tertiary alicyclic amines) is 1. The van der Waals surface area contributed by atoms with Crippen molar-refractivity contribution in [1.82, 2.24) is 9.88 Å². The molecule has 1 atom stereocenters. The largest absolute Gasteiger partial charge is 0.394 e. The monoisotopic (exact) mass is 284 g/mol. The third-order valence-electron chi connectivity index (χ3n) is 2.85. The van der Waals surface area contributed by atoms with Crippen LogP contribution < -0.4 is 0 Å². The molecule has 1 aromatic rings. The fraction of sp³-hybridized carbons (Fsp3) is 0.455. The fourth-order valence-electron chi connectivity index (χ4n) is 2.00. The molecule has 4 nitrogen and oxygen atoms in total. The Morgan fingerprint density at radius 2 is 2.50 bits per heavy atom. The molecule has 16 heavy (non-hydrogen) atoms. The van der Waals surface area contributed by atoms with Gasteiger partial charge >= 0.3 is 0 Å². The molecular formula is C11H13BrN2O2. The van der Waals surface area contributed by atoms with Gasteiger partial charge in [0.2, 0.25) is 0 Å². The number of nitrogens with zero attached hydrogens (tertiary/aromatic N) is 2. The molecule has 1 fully saturated rings. The zero-order valence-corrected chi connectivity index (χ0v) is 10.4. The van der Waals surface area contributed by atoms with Crippen LogP contribution >= 0.6 is 15.9 Å². The molecule has 2 heterocycles. The zero-order chi connectivity index (χ0) is 11.5. The lowest BCUT2D eigenvalue weighted by Gasteiger charge is -2.23. The summed E-state index contributed by atoms with van der Waals surface area (Å²) in [5.74, 6) is -0.0363. The topological polar surface area (TPSA) is 53.4 Å². The maximum atomic E-state index is 12.2. The molecule has 1 aromatic heterocycles. The Morgan fingerprint density at radius 1 is 1.69 bits per heavy atom. The van der Waals surface area contributed by atoms with Gasteiger partial charge in [-0.05, 0) is 34.8 Å². The van der Waals surface area contributed by atoms with Crippen LogP contribution in [0.2, 0.25) is 0 Å². The van der Waals surface area contributed by atoms with Gasteiger partial charge in [0.05, 0.1) is 18.2 Å². The molecule has 0 unspecified atom stereocenters. The van der Waals surface area contributed by atoms with Gasteiger partial charge in [-0.15, -0.1) is 0 Å². The van der Waals surface area contributed by atoms with E-state index in [0.717, 1.165) is 19.4 Å². The van der Waals surface area contributed by atoms with Crippen LogP contribution in [0.15, 0.2) is 22.9 Å². The van der Waals surface area contributed by atoms with Crippen molar-refractivity contribution in [1.29, 1.82) is 0 Å². The second-order valence-electron chi connectivity index (χ2n) is 3.83. The molecule has 1 saturated heterocycles. The average molecular weight is 285 g/mol. The number of halogens is 1. The normalized spacial score (nSPS) is 20.1. The molecule has 1 N–H and O–H groups in total.